The van der Waals surface area contributed by atoms with Gasteiger partial charge in [0.05, 0.1) is 12.7 Å². The average molecular weight is 246 g/mol. The van der Waals surface area contributed by atoms with E-state index >= 15 is 0 Å². The third kappa shape index (κ3) is 3.95. The highest BCUT2D eigenvalue weighted by atomic mass is 16.5. The maximum Gasteiger partial charge on any atom is 0.0826 e. The topological polar surface area (TPSA) is 24.5 Å². The minimum Gasteiger partial charge on any atom is -0.374 e. The van der Waals surface area contributed by atoms with Crippen molar-refractivity contribution in [2.24, 2.45) is 0 Å². The van der Waals surface area contributed by atoms with Gasteiger partial charge in [0.15, 0.2) is 0 Å². The van der Waals surface area contributed by atoms with Crippen molar-refractivity contribution in [1.82, 2.24) is 10.2 Å². The van der Waals surface area contributed by atoms with Gasteiger partial charge in [0.1, 0.15) is 0 Å². The van der Waals surface area contributed by atoms with E-state index in [0.29, 0.717) is 6.10 Å². The van der Waals surface area contributed by atoms with Gasteiger partial charge in [0.25, 0.3) is 0 Å². The van der Waals surface area contributed by atoms with Gasteiger partial charge in [-0.15, -0.1) is 0 Å². The Morgan fingerprint density at radius 2 is 2.22 bits per heavy atom. The van der Waals surface area contributed by atoms with E-state index in [1.54, 1.807) is 0 Å². The Labute approximate surface area is 109 Å². The summed E-state index contributed by atoms with van der Waals surface area (Å²) in [5.41, 5.74) is 2.33. The maximum absolute atomic E-state index is 5.70. The third-order valence-corrected chi connectivity index (χ3v) is 3.23. The summed E-state index contributed by atoms with van der Waals surface area (Å²) >= 11 is 0. The van der Waals surface area contributed by atoms with Crippen LogP contribution in [0.4, 0.5) is 0 Å². The van der Waals surface area contributed by atoms with Crippen LogP contribution in [0.25, 0.3) is 5.57 Å². The molecule has 1 unspecified atom stereocenters. The normalized spacial score (nSPS) is 20.8. The van der Waals surface area contributed by atoms with Crippen molar-refractivity contribution in [1.29, 1.82) is 0 Å². The molecule has 1 heterocycles. The largest absolute Gasteiger partial charge is 0.374 e. The van der Waals surface area contributed by atoms with E-state index in [0.717, 1.165) is 38.4 Å². The molecule has 0 amide bonds. The lowest BCUT2D eigenvalue weighted by Crippen LogP contribution is -2.45. The van der Waals surface area contributed by atoms with Gasteiger partial charge in [0.2, 0.25) is 0 Å². The molecule has 0 radical (unpaired) electrons. The van der Waals surface area contributed by atoms with Crippen LogP contribution in [-0.2, 0) is 4.74 Å². The van der Waals surface area contributed by atoms with E-state index in [1.807, 2.05) is 18.2 Å². The molecule has 1 aromatic rings. The smallest absolute Gasteiger partial charge is 0.0826 e. The van der Waals surface area contributed by atoms with Gasteiger partial charge >= 0.3 is 0 Å². The summed E-state index contributed by atoms with van der Waals surface area (Å²) in [6.07, 6.45) is 0.298. The van der Waals surface area contributed by atoms with E-state index in [-0.39, 0.29) is 0 Å². The molecule has 0 aliphatic carbocycles. The van der Waals surface area contributed by atoms with E-state index in [4.69, 9.17) is 4.74 Å². The van der Waals surface area contributed by atoms with Crippen LogP contribution in [0.2, 0.25) is 0 Å². The van der Waals surface area contributed by atoms with Crippen LogP contribution in [-0.4, -0.2) is 50.8 Å². The summed E-state index contributed by atoms with van der Waals surface area (Å²) in [7, 11) is 2.14. The molecule has 1 N–H and O–H groups in total. The predicted octanol–water partition coefficient (Wildman–Crippen LogP) is 1.62. The molecule has 0 bridgehead atoms. The molecule has 2 rings (SSSR count). The molecule has 1 aliphatic heterocycles. The second-order valence-electron chi connectivity index (χ2n) is 4.86. The number of nitrogens with zero attached hydrogens (tertiary/aromatic N) is 1. The highest BCUT2D eigenvalue weighted by Crippen LogP contribution is 2.10. The SMILES string of the molecule is C=C(CNCC1CN(C)CCO1)c1ccccc1. The van der Waals surface area contributed by atoms with Crippen molar-refractivity contribution in [2.45, 2.75) is 6.10 Å². The molecular weight excluding hydrogens is 224 g/mol. The zero-order chi connectivity index (χ0) is 12.8. The Bertz CT molecular complexity index is 377. The van der Waals surface area contributed by atoms with Gasteiger partial charge in [-0.1, -0.05) is 36.9 Å². The molecule has 0 spiro atoms. The van der Waals surface area contributed by atoms with Crippen LogP contribution in [0.3, 0.4) is 0 Å². The molecule has 1 saturated heterocycles. The second-order valence-corrected chi connectivity index (χ2v) is 4.86. The maximum atomic E-state index is 5.70. The lowest BCUT2D eigenvalue weighted by Gasteiger charge is -2.30. The van der Waals surface area contributed by atoms with Gasteiger partial charge in [0, 0.05) is 26.2 Å². The predicted molar refractivity (Wildman–Crippen MR) is 75.6 cm³/mol. The van der Waals surface area contributed by atoms with Gasteiger partial charge in [-0.2, -0.15) is 0 Å². The van der Waals surface area contributed by atoms with E-state index in [1.165, 1.54) is 5.56 Å². The van der Waals surface area contributed by atoms with Crippen molar-refractivity contribution < 1.29 is 4.74 Å². The summed E-state index contributed by atoms with van der Waals surface area (Å²) < 4.78 is 5.70. The van der Waals surface area contributed by atoms with E-state index < -0.39 is 0 Å². The lowest BCUT2D eigenvalue weighted by molar-refractivity contribution is -0.0175. The molecule has 0 aromatic heterocycles. The van der Waals surface area contributed by atoms with Crippen LogP contribution in [0.1, 0.15) is 5.56 Å². The van der Waals surface area contributed by atoms with Crippen LogP contribution in [0.5, 0.6) is 0 Å². The number of benzene rings is 1. The first-order valence-corrected chi connectivity index (χ1v) is 6.50. The number of rotatable bonds is 5. The summed E-state index contributed by atoms with van der Waals surface area (Å²) in [6.45, 7) is 8.68. The number of hydrogen-bond donors (Lipinski definition) is 1. The number of hydrogen-bond acceptors (Lipinski definition) is 3. The Kier molecular flexibility index (Phi) is 4.93. The van der Waals surface area contributed by atoms with E-state index in [9.17, 15) is 0 Å². The van der Waals surface area contributed by atoms with Gasteiger partial charge in [-0.05, 0) is 18.2 Å². The first-order chi connectivity index (χ1) is 8.75. The zero-order valence-electron chi connectivity index (χ0n) is 11.1. The molecule has 98 valence electrons. The van der Waals surface area contributed by atoms with Crippen molar-refractivity contribution in [3.05, 3.63) is 42.5 Å². The third-order valence-electron chi connectivity index (χ3n) is 3.23. The number of nitrogens with one attached hydrogen (secondary N) is 1. The van der Waals surface area contributed by atoms with Crippen molar-refractivity contribution in [2.75, 3.05) is 39.8 Å². The molecule has 0 saturated carbocycles. The second kappa shape index (κ2) is 6.69. The molecule has 1 aromatic carbocycles. The fourth-order valence-corrected chi connectivity index (χ4v) is 2.15. The fraction of sp³-hybridized carbons (Fsp3) is 0.467. The first-order valence-electron chi connectivity index (χ1n) is 6.50. The number of ether oxygens (including phenoxy) is 1. The minimum atomic E-state index is 0.298. The standard InChI is InChI=1S/C15H22N2O/c1-13(14-6-4-3-5-7-14)10-16-11-15-12-17(2)8-9-18-15/h3-7,15-16H,1,8-12H2,2H3. The Morgan fingerprint density at radius 3 is 2.94 bits per heavy atom. The molecule has 1 fully saturated rings. The Balaban J connectivity index is 1.70. The van der Waals surface area contributed by atoms with Crippen LogP contribution in [0.15, 0.2) is 36.9 Å². The highest BCUT2D eigenvalue weighted by Gasteiger charge is 2.16. The minimum absolute atomic E-state index is 0.298. The number of morpholine rings is 1. The van der Waals surface area contributed by atoms with Crippen LogP contribution >= 0.6 is 0 Å². The van der Waals surface area contributed by atoms with Crippen molar-refractivity contribution in [3.63, 3.8) is 0 Å². The highest BCUT2D eigenvalue weighted by molar-refractivity contribution is 5.64. The summed E-state index contributed by atoms with van der Waals surface area (Å²) in [5, 5.41) is 3.42. The Morgan fingerprint density at radius 1 is 1.44 bits per heavy atom. The Hall–Kier alpha value is -1.16. The van der Waals surface area contributed by atoms with Gasteiger partial charge in [-0.3, -0.25) is 0 Å². The van der Waals surface area contributed by atoms with E-state index in [2.05, 4.69) is 36.0 Å². The molecule has 3 heteroatoms. The summed E-state index contributed by atoms with van der Waals surface area (Å²) in [6, 6.07) is 10.3. The van der Waals surface area contributed by atoms with Gasteiger partial charge in [-0.25, -0.2) is 0 Å². The molecule has 1 atom stereocenters. The number of likely N-dealkylation sites (N-methyl/N-ethyl adjacent to an activating group) is 1. The molecule has 18 heavy (non-hydrogen) atoms. The van der Waals surface area contributed by atoms with Crippen molar-refractivity contribution in [3.8, 4) is 0 Å². The van der Waals surface area contributed by atoms with Crippen LogP contribution < -0.4 is 5.32 Å². The van der Waals surface area contributed by atoms with Gasteiger partial charge < -0.3 is 15.0 Å². The van der Waals surface area contributed by atoms with Crippen LogP contribution in [0, 0.1) is 0 Å². The first kappa shape index (κ1) is 13.3. The lowest BCUT2D eigenvalue weighted by atomic mass is 10.1. The molecule has 3 nitrogen and oxygen atoms in total. The molecular formula is C15H22N2O. The monoisotopic (exact) mass is 246 g/mol. The molecule has 1 aliphatic rings. The summed E-state index contributed by atoms with van der Waals surface area (Å²) in [4.78, 5) is 2.31. The van der Waals surface area contributed by atoms with Crippen molar-refractivity contribution >= 4 is 5.57 Å². The average Bonchev–Trinajstić information content (AvgIpc) is 2.40. The quantitative estimate of drug-likeness (QED) is 0.854. The fourth-order valence-electron chi connectivity index (χ4n) is 2.15. The zero-order valence-corrected chi connectivity index (χ0v) is 11.1. The summed E-state index contributed by atoms with van der Waals surface area (Å²) in [5.74, 6) is 0.